The molecule has 1 saturated heterocycles. The lowest BCUT2D eigenvalue weighted by atomic mass is 10.1. The highest BCUT2D eigenvalue weighted by molar-refractivity contribution is 5.94. The molecule has 3 rings (SSSR count). The van der Waals surface area contributed by atoms with Gasteiger partial charge in [-0.25, -0.2) is 0 Å². The van der Waals surface area contributed by atoms with Gasteiger partial charge in [0, 0.05) is 30.9 Å². The van der Waals surface area contributed by atoms with Gasteiger partial charge in [-0.15, -0.1) is 0 Å². The summed E-state index contributed by atoms with van der Waals surface area (Å²) >= 11 is 0. The van der Waals surface area contributed by atoms with Gasteiger partial charge >= 0.3 is 0 Å². The highest BCUT2D eigenvalue weighted by Gasteiger charge is 2.11. The number of aryl methyl sites for hydroxylation is 3. The lowest BCUT2D eigenvalue weighted by Crippen LogP contribution is -2.24. The number of hydrogen-bond donors (Lipinski definition) is 1. The number of carbonyl (C=O) groups is 1. The minimum atomic E-state index is 0.0208. The van der Waals surface area contributed by atoms with Gasteiger partial charge in [0.05, 0.1) is 0 Å². The first kappa shape index (κ1) is 17.5. The van der Waals surface area contributed by atoms with Gasteiger partial charge in [-0.3, -0.25) is 4.79 Å². The van der Waals surface area contributed by atoms with E-state index in [4.69, 9.17) is 0 Å². The molecule has 2 aromatic carbocycles. The van der Waals surface area contributed by atoms with E-state index in [1.165, 1.54) is 42.7 Å². The minimum absolute atomic E-state index is 0.0208. The Labute approximate surface area is 151 Å². The Bertz CT molecular complexity index is 715. The van der Waals surface area contributed by atoms with Gasteiger partial charge in [-0.2, -0.15) is 0 Å². The van der Waals surface area contributed by atoms with Crippen LogP contribution in [0.5, 0.6) is 0 Å². The second-order valence-corrected chi connectivity index (χ2v) is 7.02. The summed E-state index contributed by atoms with van der Waals surface area (Å²) in [6.07, 6.45) is 4.57. The van der Waals surface area contributed by atoms with Crippen LogP contribution in [-0.4, -0.2) is 25.5 Å². The molecule has 3 heteroatoms. The molecule has 1 fully saturated rings. The largest absolute Gasteiger partial charge is 0.372 e. The number of amides is 1. The topological polar surface area (TPSA) is 32.3 Å². The maximum Gasteiger partial charge on any atom is 0.251 e. The fourth-order valence-corrected chi connectivity index (χ4v) is 3.33. The van der Waals surface area contributed by atoms with Crippen LogP contribution in [0.1, 0.15) is 46.3 Å². The summed E-state index contributed by atoms with van der Waals surface area (Å²) in [7, 11) is 0. The summed E-state index contributed by atoms with van der Waals surface area (Å²) in [5.41, 5.74) is 5.80. The van der Waals surface area contributed by atoms with Crippen LogP contribution in [-0.2, 0) is 6.42 Å². The van der Waals surface area contributed by atoms with E-state index in [2.05, 4.69) is 41.4 Å². The second kappa shape index (κ2) is 8.19. The van der Waals surface area contributed by atoms with Crippen molar-refractivity contribution in [2.75, 3.05) is 24.5 Å². The van der Waals surface area contributed by atoms with Crippen LogP contribution in [0.4, 0.5) is 5.69 Å². The van der Waals surface area contributed by atoms with Crippen molar-refractivity contribution < 1.29 is 4.79 Å². The predicted octanol–water partition coefficient (Wildman–Crippen LogP) is 4.27. The van der Waals surface area contributed by atoms with E-state index in [0.29, 0.717) is 6.54 Å². The second-order valence-electron chi connectivity index (χ2n) is 7.02. The quantitative estimate of drug-likeness (QED) is 0.799. The molecule has 1 N–H and O–H groups in total. The molecule has 1 aliphatic rings. The van der Waals surface area contributed by atoms with Crippen molar-refractivity contribution in [2.24, 2.45) is 0 Å². The Morgan fingerprint density at radius 1 is 1.00 bits per heavy atom. The van der Waals surface area contributed by atoms with Crippen molar-refractivity contribution in [2.45, 2.75) is 39.5 Å². The smallest absolute Gasteiger partial charge is 0.251 e. The number of hydrogen-bond acceptors (Lipinski definition) is 2. The molecule has 0 radical (unpaired) electrons. The summed E-state index contributed by atoms with van der Waals surface area (Å²) in [6, 6.07) is 14.8. The molecule has 2 aromatic rings. The Kier molecular flexibility index (Phi) is 5.75. The number of rotatable bonds is 6. The van der Waals surface area contributed by atoms with E-state index in [0.717, 1.165) is 24.0 Å². The van der Waals surface area contributed by atoms with Crippen molar-refractivity contribution in [3.8, 4) is 0 Å². The fraction of sp³-hybridized carbons (Fsp3) is 0.409. The Balaban J connectivity index is 1.43. The van der Waals surface area contributed by atoms with Crippen molar-refractivity contribution in [1.82, 2.24) is 5.32 Å². The molecule has 1 heterocycles. The Morgan fingerprint density at radius 2 is 1.72 bits per heavy atom. The van der Waals surface area contributed by atoms with Gasteiger partial charge < -0.3 is 10.2 Å². The van der Waals surface area contributed by atoms with Gasteiger partial charge in [0.1, 0.15) is 0 Å². The lowest BCUT2D eigenvalue weighted by Gasteiger charge is -2.17. The van der Waals surface area contributed by atoms with E-state index in [1.807, 2.05) is 25.1 Å². The van der Waals surface area contributed by atoms with Crippen LogP contribution in [0, 0.1) is 13.8 Å². The predicted molar refractivity (Wildman–Crippen MR) is 104 cm³/mol. The van der Waals surface area contributed by atoms with Gasteiger partial charge in [0.15, 0.2) is 0 Å². The SMILES string of the molecule is Cc1ccc(C(=O)NCCCc2ccc(N3CCCC3)cc2)cc1C. The van der Waals surface area contributed by atoms with Crippen LogP contribution in [0.25, 0.3) is 0 Å². The molecule has 0 spiro atoms. The molecule has 0 aromatic heterocycles. The van der Waals surface area contributed by atoms with Crippen molar-refractivity contribution >= 4 is 11.6 Å². The van der Waals surface area contributed by atoms with Gasteiger partial charge in [-0.05, 0) is 80.5 Å². The Morgan fingerprint density at radius 3 is 2.40 bits per heavy atom. The summed E-state index contributed by atoms with van der Waals surface area (Å²) in [6.45, 7) is 7.18. The van der Waals surface area contributed by atoms with E-state index in [9.17, 15) is 4.79 Å². The van der Waals surface area contributed by atoms with Crippen LogP contribution in [0.3, 0.4) is 0 Å². The van der Waals surface area contributed by atoms with Crippen LogP contribution >= 0.6 is 0 Å². The summed E-state index contributed by atoms with van der Waals surface area (Å²) in [5, 5.41) is 3.02. The van der Waals surface area contributed by atoms with E-state index >= 15 is 0 Å². The first-order chi connectivity index (χ1) is 12.1. The third-order valence-electron chi connectivity index (χ3n) is 5.10. The molecule has 0 saturated carbocycles. The molecule has 0 atom stereocenters. The lowest BCUT2D eigenvalue weighted by molar-refractivity contribution is 0.0953. The fourth-order valence-electron chi connectivity index (χ4n) is 3.33. The molecule has 0 aliphatic carbocycles. The average molecular weight is 336 g/mol. The third-order valence-corrected chi connectivity index (χ3v) is 5.10. The monoisotopic (exact) mass is 336 g/mol. The normalized spacial score (nSPS) is 13.9. The zero-order valence-electron chi connectivity index (χ0n) is 15.3. The molecule has 25 heavy (non-hydrogen) atoms. The first-order valence-electron chi connectivity index (χ1n) is 9.33. The van der Waals surface area contributed by atoms with Gasteiger partial charge in [0.2, 0.25) is 0 Å². The molecule has 1 aliphatic heterocycles. The van der Waals surface area contributed by atoms with Gasteiger partial charge in [-0.1, -0.05) is 18.2 Å². The molecule has 0 unspecified atom stereocenters. The van der Waals surface area contributed by atoms with Crippen molar-refractivity contribution in [3.63, 3.8) is 0 Å². The summed E-state index contributed by atoms with van der Waals surface area (Å²) in [4.78, 5) is 14.6. The standard InChI is InChI=1S/C22H28N2O/c1-17-7-10-20(16-18(17)2)22(25)23-13-5-6-19-8-11-21(12-9-19)24-14-3-4-15-24/h7-12,16H,3-6,13-15H2,1-2H3,(H,23,25). The summed E-state index contributed by atoms with van der Waals surface area (Å²) in [5.74, 6) is 0.0208. The highest BCUT2D eigenvalue weighted by Crippen LogP contribution is 2.20. The molecule has 1 amide bonds. The molecule has 3 nitrogen and oxygen atoms in total. The molecular weight excluding hydrogens is 308 g/mol. The van der Waals surface area contributed by atoms with Crippen LogP contribution < -0.4 is 10.2 Å². The van der Waals surface area contributed by atoms with Gasteiger partial charge in [0.25, 0.3) is 5.91 Å². The van der Waals surface area contributed by atoms with Crippen LogP contribution in [0.2, 0.25) is 0 Å². The highest BCUT2D eigenvalue weighted by atomic mass is 16.1. The maximum absolute atomic E-state index is 12.2. The zero-order chi connectivity index (χ0) is 17.6. The number of nitrogens with one attached hydrogen (secondary N) is 1. The number of benzene rings is 2. The molecule has 132 valence electrons. The molecule has 0 bridgehead atoms. The van der Waals surface area contributed by atoms with Crippen molar-refractivity contribution in [1.29, 1.82) is 0 Å². The first-order valence-corrected chi connectivity index (χ1v) is 9.33. The number of nitrogens with zero attached hydrogens (tertiary/aromatic N) is 1. The zero-order valence-corrected chi connectivity index (χ0v) is 15.3. The average Bonchev–Trinajstić information content (AvgIpc) is 3.16. The van der Waals surface area contributed by atoms with E-state index in [1.54, 1.807) is 0 Å². The number of anilines is 1. The van der Waals surface area contributed by atoms with E-state index in [-0.39, 0.29) is 5.91 Å². The third kappa shape index (κ3) is 4.62. The minimum Gasteiger partial charge on any atom is -0.372 e. The summed E-state index contributed by atoms with van der Waals surface area (Å²) < 4.78 is 0. The van der Waals surface area contributed by atoms with E-state index < -0.39 is 0 Å². The maximum atomic E-state index is 12.2. The number of carbonyl (C=O) groups excluding carboxylic acids is 1. The van der Waals surface area contributed by atoms with Crippen LogP contribution in [0.15, 0.2) is 42.5 Å². The van der Waals surface area contributed by atoms with Crippen molar-refractivity contribution in [3.05, 3.63) is 64.7 Å². The Hall–Kier alpha value is -2.29. The molecular formula is C22H28N2O.